The zero-order valence-corrected chi connectivity index (χ0v) is 17.1. The van der Waals surface area contributed by atoms with Crippen LogP contribution in [-0.4, -0.2) is 22.8 Å². The number of hydrogen-bond acceptors (Lipinski definition) is 4. The van der Waals surface area contributed by atoms with Crippen molar-refractivity contribution >= 4 is 5.91 Å². The predicted octanol–water partition coefficient (Wildman–Crippen LogP) is 4.94. The molecule has 2 aromatic carbocycles. The molecule has 0 aliphatic heterocycles. The molecule has 1 unspecified atom stereocenters. The maximum Gasteiger partial charge on any atom is 0.255 e. The van der Waals surface area contributed by atoms with Crippen LogP contribution in [0.3, 0.4) is 0 Å². The highest BCUT2D eigenvalue weighted by Crippen LogP contribution is 2.26. The van der Waals surface area contributed by atoms with Crippen molar-refractivity contribution in [1.29, 1.82) is 0 Å². The number of hydrogen-bond donors (Lipinski definition) is 1. The van der Waals surface area contributed by atoms with Gasteiger partial charge >= 0.3 is 0 Å². The van der Waals surface area contributed by atoms with Crippen molar-refractivity contribution in [1.82, 2.24) is 15.1 Å². The van der Waals surface area contributed by atoms with Crippen molar-refractivity contribution in [2.45, 2.75) is 19.9 Å². The van der Waals surface area contributed by atoms with Crippen molar-refractivity contribution in [2.24, 2.45) is 0 Å². The zero-order valence-electron chi connectivity index (χ0n) is 17.1. The van der Waals surface area contributed by atoms with Gasteiger partial charge in [0.25, 0.3) is 5.91 Å². The number of ether oxygens (including phenoxy) is 1. The van der Waals surface area contributed by atoms with E-state index in [1.165, 1.54) is 0 Å². The third-order valence-corrected chi connectivity index (χ3v) is 4.88. The number of para-hydroxylation sites is 1. The Morgan fingerprint density at radius 3 is 2.43 bits per heavy atom. The fourth-order valence-electron chi connectivity index (χ4n) is 3.25. The maximum absolute atomic E-state index is 13.2. The molecule has 6 heteroatoms. The minimum Gasteiger partial charge on any atom is -0.497 e. The highest BCUT2D eigenvalue weighted by molar-refractivity contribution is 6.00. The molecule has 6 nitrogen and oxygen atoms in total. The number of aromatic nitrogens is 2. The smallest absolute Gasteiger partial charge is 0.255 e. The molecule has 0 radical (unpaired) electrons. The minimum absolute atomic E-state index is 0.218. The van der Waals surface area contributed by atoms with Gasteiger partial charge in [-0.1, -0.05) is 18.2 Å². The van der Waals surface area contributed by atoms with Crippen LogP contribution in [0.1, 0.15) is 34.8 Å². The molecule has 0 fully saturated rings. The van der Waals surface area contributed by atoms with E-state index in [2.05, 4.69) is 5.32 Å². The first-order valence-electron chi connectivity index (χ1n) is 9.72. The second-order valence-electron chi connectivity index (χ2n) is 7.04. The fraction of sp³-hybridized carbons (Fsp3) is 0.167. The lowest BCUT2D eigenvalue weighted by molar-refractivity contribution is 0.0935. The molecule has 0 aliphatic carbocycles. The van der Waals surface area contributed by atoms with E-state index in [-0.39, 0.29) is 11.9 Å². The van der Waals surface area contributed by atoms with Crippen molar-refractivity contribution in [3.05, 3.63) is 90.0 Å². The summed E-state index contributed by atoms with van der Waals surface area (Å²) in [4.78, 5) is 13.2. The summed E-state index contributed by atoms with van der Waals surface area (Å²) >= 11 is 0. The molecule has 152 valence electrons. The van der Waals surface area contributed by atoms with Crippen LogP contribution < -0.4 is 10.1 Å². The Hall–Kier alpha value is -3.80. The van der Waals surface area contributed by atoms with E-state index >= 15 is 0 Å². The molecule has 0 saturated carbocycles. The summed E-state index contributed by atoms with van der Waals surface area (Å²) in [6, 6.07) is 20.7. The molecule has 4 rings (SSSR count). The van der Waals surface area contributed by atoms with E-state index in [9.17, 15) is 4.79 Å². The predicted molar refractivity (Wildman–Crippen MR) is 115 cm³/mol. The Labute approximate surface area is 175 Å². The van der Waals surface area contributed by atoms with Gasteiger partial charge < -0.3 is 14.5 Å². The van der Waals surface area contributed by atoms with E-state index in [1.807, 2.05) is 80.6 Å². The number of rotatable bonds is 6. The van der Waals surface area contributed by atoms with Crippen molar-refractivity contribution in [3.63, 3.8) is 0 Å². The summed E-state index contributed by atoms with van der Waals surface area (Å²) in [6.07, 6.45) is 1.75. The first-order chi connectivity index (χ1) is 14.5. The van der Waals surface area contributed by atoms with E-state index in [0.717, 1.165) is 22.8 Å². The largest absolute Gasteiger partial charge is 0.497 e. The second kappa shape index (κ2) is 8.29. The molecular weight excluding hydrogens is 378 g/mol. The van der Waals surface area contributed by atoms with Gasteiger partial charge in [-0.2, -0.15) is 5.10 Å². The van der Waals surface area contributed by atoms with E-state index in [4.69, 9.17) is 14.3 Å². The van der Waals surface area contributed by atoms with Gasteiger partial charge in [-0.25, -0.2) is 4.68 Å². The molecule has 0 bridgehead atoms. The van der Waals surface area contributed by atoms with Gasteiger partial charge in [0.2, 0.25) is 0 Å². The van der Waals surface area contributed by atoms with Crippen LogP contribution in [-0.2, 0) is 0 Å². The Kier molecular flexibility index (Phi) is 5.39. The Morgan fingerprint density at radius 1 is 1.07 bits per heavy atom. The quantitative estimate of drug-likeness (QED) is 0.497. The van der Waals surface area contributed by atoms with Crippen LogP contribution in [0.5, 0.6) is 5.75 Å². The lowest BCUT2D eigenvalue weighted by Crippen LogP contribution is -2.26. The Bertz CT molecular complexity index is 1140. The molecule has 0 saturated heterocycles. The van der Waals surface area contributed by atoms with Gasteiger partial charge in [-0.05, 0) is 62.4 Å². The first-order valence-corrected chi connectivity index (χ1v) is 9.72. The Morgan fingerprint density at radius 2 is 1.80 bits per heavy atom. The van der Waals surface area contributed by atoms with Gasteiger partial charge in [0.05, 0.1) is 24.4 Å². The van der Waals surface area contributed by atoms with Gasteiger partial charge in [-0.15, -0.1) is 0 Å². The molecule has 4 aromatic rings. The lowest BCUT2D eigenvalue weighted by atomic mass is 10.1. The molecular formula is C24H23N3O3. The summed E-state index contributed by atoms with van der Waals surface area (Å²) in [5.74, 6) is 2.04. The number of carbonyl (C=O) groups excluding carboxylic acids is 1. The topological polar surface area (TPSA) is 69.3 Å². The number of carbonyl (C=O) groups is 1. The molecule has 1 N–H and O–H groups in total. The number of amides is 1. The third-order valence-electron chi connectivity index (χ3n) is 4.88. The molecule has 30 heavy (non-hydrogen) atoms. The summed E-state index contributed by atoms with van der Waals surface area (Å²) in [5, 5.41) is 7.72. The lowest BCUT2D eigenvalue weighted by Gasteiger charge is -2.11. The summed E-state index contributed by atoms with van der Waals surface area (Å²) in [5.41, 5.74) is 2.79. The first kappa shape index (κ1) is 19.5. The van der Waals surface area contributed by atoms with Crippen LogP contribution >= 0.6 is 0 Å². The molecule has 2 heterocycles. The van der Waals surface area contributed by atoms with Crippen LogP contribution in [0.4, 0.5) is 0 Å². The van der Waals surface area contributed by atoms with E-state index in [1.54, 1.807) is 18.0 Å². The molecule has 0 spiro atoms. The van der Waals surface area contributed by atoms with Crippen LogP contribution in [0.25, 0.3) is 16.9 Å². The number of furan rings is 1. The summed E-state index contributed by atoms with van der Waals surface area (Å²) in [7, 11) is 1.62. The van der Waals surface area contributed by atoms with E-state index < -0.39 is 0 Å². The molecule has 0 aliphatic rings. The van der Waals surface area contributed by atoms with Crippen molar-refractivity contribution in [2.75, 3.05) is 7.11 Å². The second-order valence-corrected chi connectivity index (χ2v) is 7.04. The van der Waals surface area contributed by atoms with Crippen LogP contribution in [0, 0.1) is 6.92 Å². The Balaban J connectivity index is 1.70. The minimum atomic E-state index is -0.269. The average molecular weight is 401 g/mol. The van der Waals surface area contributed by atoms with E-state index in [0.29, 0.717) is 17.0 Å². The van der Waals surface area contributed by atoms with Gasteiger partial charge in [-0.3, -0.25) is 4.79 Å². The number of aryl methyl sites for hydroxylation is 1. The molecule has 1 atom stereocenters. The molecule has 1 amide bonds. The highest BCUT2D eigenvalue weighted by atomic mass is 16.5. The van der Waals surface area contributed by atoms with Gasteiger partial charge in [0.15, 0.2) is 0 Å². The zero-order chi connectivity index (χ0) is 21.1. The maximum atomic E-state index is 13.2. The fourth-order valence-corrected chi connectivity index (χ4v) is 3.25. The monoisotopic (exact) mass is 401 g/mol. The summed E-state index contributed by atoms with van der Waals surface area (Å²) in [6.45, 7) is 3.77. The van der Waals surface area contributed by atoms with Crippen molar-refractivity contribution < 1.29 is 13.9 Å². The van der Waals surface area contributed by atoms with Crippen molar-refractivity contribution in [3.8, 4) is 22.7 Å². The number of nitrogens with zero attached hydrogens (tertiary/aromatic N) is 2. The highest BCUT2D eigenvalue weighted by Gasteiger charge is 2.21. The number of nitrogens with one attached hydrogen (secondary N) is 1. The van der Waals surface area contributed by atoms with Crippen LogP contribution in [0.15, 0.2) is 77.3 Å². The van der Waals surface area contributed by atoms with Gasteiger partial charge in [0.1, 0.15) is 23.0 Å². The number of methoxy groups -OCH3 is 1. The SMILES string of the molecule is COc1ccc(-c2nn(-c3ccccc3)cc2C(=O)NC(C)c2ccc(C)o2)cc1. The number of benzene rings is 2. The average Bonchev–Trinajstić information content (AvgIpc) is 3.41. The molecule has 2 aromatic heterocycles. The van der Waals surface area contributed by atoms with Crippen LogP contribution in [0.2, 0.25) is 0 Å². The third kappa shape index (κ3) is 3.98. The normalized spacial score (nSPS) is 11.8. The standard InChI is InChI=1S/C24H23N3O3/c1-16-9-14-22(30-16)17(2)25-24(28)21-15-27(19-7-5-4-6-8-19)26-23(21)18-10-12-20(29-3)13-11-18/h4-15,17H,1-3H3,(H,25,28). The van der Waals surface area contributed by atoms with Gasteiger partial charge in [0, 0.05) is 11.8 Å². The summed E-state index contributed by atoms with van der Waals surface area (Å²) < 4.78 is 12.6.